The quantitative estimate of drug-likeness (QED) is 0.549. The van der Waals surface area contributed by atoms with E-state index in [-0.39, 0.29) is 19.1 Å². The zero-order valence-electron chi connectivity index (χ0n) is 14.4. The van der Waals surface area contributed by atoms with Gasteiger partial charge in [0.15, 0.2) is 0 Å². The van der Waals surface area contributed by atoms with E-state index in [9.17, 15) is 18.0 Å². The third kappa shape index (κ3) is 6.06. The number of ether oxygens (including phenoxy) is 1. The van der Waals surface area contributed by atoms with Crippen molar-refractivity contribution in [2.24, 2.45) is 0 Å². The Morgan fingerprint density at radius 3 is 2.69 bits per heavy atom. The molecule has 1 aromatic carbocycles. The highest BCUT2D eigenvalue weighted by Crippen LogP contribution is 2.28. The van der Waals surface area contributed by atoms with Gasteiger partial charge in [-0.3, -0.25) is 4.79 Å². The minimum atomic E-state index is -4.37. The molecule has 0 aliphatic carbocycles. The number of hydrogen-bond acceptors (Lipinski definition) is 5. The lowest BCUT2D eigenvalue weighted by molar-refractivity contribution is -0.173. The van der Waals surface area contributed by atoms with Gasteiger partial charge < -0.3 is 14.6 Å². The molecule has 2 rings (SSSR count). The molecule has 0 fully saturated rings. The van der Waals surface area contributed by atoms with Gasteiger partial charge in [0.05, 0.1) is 17.9 Å². The summed E-state index contributed by atoms with van der Waals surface area (Å²) in [6.45, 7) is 2.14. The van der Waals surface area contributed by atoms with Crippen molar-refractivity contribution in [3.8, 4) is 0 Å². The molecule has 0 aliphatic rings. The van der Waals surface area contributed by atoms with E-state index in [1.54, 1.807) is 12.1 Å². The molecule has 142 valence electrons. The molecule has 0 unspecified atom stereocenters. The molecule has 0 saturated heterocycles. The average molecular weight is 388 g/mol. The van der Waals surface area contributed by atoms with Crippen LogP contribution in [0.25, 0.3) is 0 Å². The van der Waals surface area contributed by atoms with Crippen LogP contribution in [-0.4, -0.2) is 37.0 Å². The van der Waals surface area contributed by atoms with E-state index in [2.05, 4.69) is 15.2 Å². The fourth-order valence-electron chi connectivity index (χ4n) is 2.16. The van der Waals surface area contributed by atoms with Crippen LogP contribution >= 0.6 is 11.8 Å². The smallest absolute Gasteiger partial charge is 0.370 e. The number of carbonyl (C=O) groups is 1. The largest absolute Gasteiger partial charge is 0.411 e. The van der Waals surface area contributed by atoms with Gasteiger partial charge in [0.1, 0.15) is 12.4 Å². The molecule has 1 N–H and O–H groups in total. The van der Waals surface area contributed by atoms with Gasteiger partial charge in [0.2, 0.25) is 0 Å². The van der Waals surface area contributed by atoms with E-state index in [4.69, 9.17) is 4.52 Å². The topological polar surface area (TPSA) is 64.4 Å². The van der Waals surface area contributed by atoms with Crippen molar-refractivity contribution in [2.75, 3.05) is 19.8 Å². The summed E-state index contributed by atoms with van der Waals surface area (Å²) in [7, 11) is 0. The van der Waals surface area contributed by atoms with E-state index >= 15 is 0 Å². The first-order valence-electron chi connectivity index (χ1n) is 7.84. The lowest BCUT2D eigenvalue weighted by atomic mass is 10.2. The number of alkyl halides is 3. The van der Waals surface area contributed by atoms with Gasteiger partial charge in [-0.05, 0) is 26.0 Å². The molecule has 0 atom stereocenters. The number of amides is 1. The Morgan fingerprint density at radius 2 is 2.04 bits per heavy atom. The third-order valence-electron chi connectivity index (χ3n) is 3.48. The number of carbonyl (C=O) groups excluding carboxylic acids is 1. The van der Waals surface area contributed by atoms with Crippen LogP contribution in [0.1, 0.15) is 27.4 Å². The molecular weight excluding hydrogens is 369 g/mol. The standard InChI is InChI=1S/C17H19F3N2O3S/c1-11-14(12(2)25-22-11)9-26-15-6-4-3-5-13(15)16(23)21-7-8-24-10-17(18,19)20/h3-6H,7-10H2,1-2H3,(H,21,23). The van der Waals surface area contributed by atoms with Crippen LogP contribution in [0.5, 0.6) is 0 Å². The van der Waals surface area contributed by atoms with Crippen LogP contribution in [0.15, 0.2) is 33.7 Å². The number of hydrogen-bond donors (Lipinski definition) is 1. The van der Waals surface area contributed by atoms with E-state index in [0.29, 0.717) is 11.3 Å². The summed E-state index contributed by atoms with van der Waals surface area (Å²) in [4.78, 5) is 13.1. The van der Waals surface area contributed by atoms with Gasteiger partial charge in [-0.15, -0.1) is 11.8 Å². The van der Waals surface area contributed by atoms with E-state index in [1.165, 1.54) is 11.8 Å². The number of halogens is 3. The Bertz CT molecular complexity index is 728. The first-order chi connectivity index (χ1) is 12.3. The molecule has 1 aromatic heterocycles. The van der Waals surface area contributed by atoms with Gasteiger partial charge in [0.25, 0.3) is 5.91 Å². The lowest BCUT2D eigenvalue weighted by Gasteiger charge is -2.11. The predicted molar refractivity (Wildman–Crippen MR) is 91.2 cm³/mol. The first-order valence-corrected chi connectivity index (χ1v) is 8.83. The highest BCUT2D eigenvalue weighted by Gasteiger charge is 2.27. The molecule has 0 saturated carbocycles. The Balaban J connectivity index is 1.90. The maximum Gasteiger partial charge on any atom is 0.411 e. The van der Waals surface area contributed by atoms with E-state index < -0.39 is 12.8 Å². The fourth-order valence-corrected chi connectivity index (χ4v) is 3.36. The summed E-state index contributed by atoms with van der Waals surface area (Å²) in [6.07, 6.45) is -4.37. The van der Waals surface area contributed by atoms with Gasteiger partial charge >= 0.3 is 6.18 Å². The number of thioether (sulfide) groups is 1. The SMILES string of the molecule is Cc1noc(C)c1CSc1ccccc1C(=O)NCCOCC(F)(F)F. The second kappa shape index (κ2) is 9.09. The highest BCUT2D eigenvalue weighted by molar-refractivity contribution is 7.98. The Kier molecular flexibility index (Phi) is 7.10. The molecule has 2 aromatic rings. The number of nitrogens with one attached hydrogen (secondary N) is 1. The molecule has 0 radical (unpaired) electrons. The van der Waals surface area contributed by atoms with Crippen LogP contribution in [0.2, 0.25) is 0 Å². The number of nitrogens with zero attached hydrogens (tertiary/aromatic N) is 1. The molecule has 1 heterocycles. The molecule has 26 heavy (non-hydrogen) atoms. The van der Waals surface area contributed by atoms with E-state index in [0.717, 1.165) is 21.9 Å². The van der Waals surface area contributed by atoms with Crippen molar-refractivity contribution in [3.05, 3.63) is 46.8 Å². The highest BCUT2D eigenvalue weighted by atomic mass is 32.2. The summed E-state index contributed by atoms with van der Waals surface area (Å²) < 4.78 is 45.6. The van der Waals surface area contributed by atoms with Crippen LogP contribution in [0.3, 0.4) is 0 Å². The van der Waals surface area contributed by atoms with Gasteiger partial charge in [-0.2, -0.15) is 13.2 Å². The summed E-state index contributed by atoms with van der Waals surface area (Å²) in [5.74, 6) is 0.974. The molecule has 5 nitrogen and oxygen atoms in total. The zero-order chi connectivity index (χ0) is 19.2. The summed E-state index contributed by atoms with van der Waals surface area (Å²) in [5.41, 5.74) is 2.24. The van der Waals surface area contributed by atoms with Crippen LogP contribution < -0.4 is 5.32 Å². The van der Waals surface area contributed by atoms with Gasteiger partial charge in [-0.1, -0.05) is 17.3 Å². The van der Waals surface area contributed by atoms with Gasteiger partial charge in [0, 0.05) is 22.8 Å². The Labute approximate surface area is 153 Å². The summed E-state index contributed by atoms with van der Waals surface area (Å²) >= 11 is 1.47. The zero-order valence-corrected chi connectivity index (χ0v) is 15.2. The monoisotopic (exact) mass is 388 g/mol. The fraction of sp³-hybridized carbons (Fsp3) is 0.412. The van der Waals surface area contributed by atoms with Crippen molar-refractivity contribution in [1.29, 1.82) is 0 Å². The second-order valence-corrected chi connectivity index (χ2v) is 6.53. The maximum atomic E-state index is 12.3. The van der Waals surface area contributed by atoms with Crippen molar-refractivity contribution in [2.45, 2.75) is 30.7 Å². The minimum absolute atomic E-state index is 0.00220. The van der Waals surface area contributed by atoms with Crippen molar-refractivity contribution in [1.82, 2.24) is 10.5 Å². The number of rotatable bonds is 8. The number of aryl methyl sites for hydroxylation is 2. The third-order valence-corrected chi connectivity index (χ3v) is 4.58. The maximum absolute atomic E-state index is 12.3. The molecule has 0 spiro atoms. The average Bonchev–Trinajstić information content (AvgIpc) is 2.90. The second-order valence-electron chi connectivity index (χ2n) is 5.51. The molecule has 0 bridgehead atoms. The number of aromatic nitrogens is 1. The van der Waals surface area contributed by atoms with E-state index in [1.807, 2.05) is 26.0 Å². The van der Waals surface area contributed by atoms with Gasteiger partial charge in [-0.25, -0.2) is 0 Å². The van der Waals surface area contributed by atoms with Crippen molar-refractivity contribution >= 4 is 17.7 Å². The predicted octanol–water partition coefficient (Wildman–Crippen LogP) is 3.89. The minimum Gasteiger partial charge on any atom is -0.370 e. The van der Waals surface area contributed by atoms with Crippen LogP contribution in [0, 0.1) is 13.8 Å². The molecular formula is C17H19F3N2O3S. The normalized spacial score (nSPS) is 11.6. The molecule has 1 amide bonds. The van der Waals surface area contributed by atoms with Crippen molar-refractivity contribution in [3.63, 3.8) is 0 Å². The Morgan fingerprint density at radius 1 is 1.31 bits per heavy atom. The number of benzene rings is 1. The summed E-state index contributed by atoms with van der Waals surface area (Å²) in [5, 5.41) is 6.47. The molecule has 0 aliphatic heterocycles. The Hall–Kier alpha value is -2.00. The van der Waals surface area contributed by atoms with Crippen LogP contribution in [0.4, 0.5) is 13.2 Å². The molecule has 9 heteroatoms. The van der Waals surface area contributed by atoms with Crippen molar-refractivity contribution < 1.29 is 27.2 Å². The van der Waals surface area contributed by atoms with Crippen LogP contribution in [-0.2, 0) is 10.5 Å². The summed E-state index contributed by atoms with van der Waals surface area (Å²) in [6, 6.07) is 7.04. The first kappa shape index (κ1) is 20.3. The lowest BCUT2D eigenvalue weighted by Crippen LogP contribution is -2.29.